The van der Waals surface area contributed by atoms with Crippen molar-refractivity contribution >= 4 is 40.6 Å². The molecule has 3 aromatic carbocycles. The number of amides is 5. The van der Waals surface area contributed by atoms with E-state index in [1.807, 2.05) is 86.6 Å². The summed E-state index contributed by atoms with van der Waals surface area (Å²) >= 11 is 0. The van der Waals surface area contributed by atoms with Crippen molar-refractivity contribution in [3.05, 3.63) is 114 Å². The fourth-order valence-electron chi connectivity index (χ4n) is 7.12. The third kappa shape index (κ3) is 13.4. The maximum Gasteiger partial charge on any atom is 0.408 e. The van der Waals surface area contributed by atoms with Crippen molar-refractivity contribution in [3.8, 4) is 0 Å². The summed E-state index contributed by atoms with van der Waals surface area (Å²) in [6.07, 6.45) is 2.82. The van der Waals surface area contributed by atoms with E-state index in [4.69, 9.17) is 10.5 Å². The summed E-state index contributed by atoms with van der Waals surface area (Å²) in [6, 6.07) is 25.7. The molecule has 308 valence electrons. The Morgan fingerprint density at radius 2 is 1.47 bits per heavy atom. The Balaban J connectivity index is 1.32. The van der Waals surface area contributed by atoms with Gasteiger partial charge in [-0.1, -0.05) is 118 Å². The lowest BCUT2D eigenvalue weighted by Gasteiger charge is -2.35. The molecule has 14 nitrogen and oxygen atoms in total. The quantitative estimate of drug-likeness (QED) is 0.0754. The van der Waals surface area contributed by atoms with Crippen LogP contribution in [0.5, 0.6) is 0 Å². The van der Waals surface area contributed by atoms with Gasteiger partial charge in [-0.2, -0.15) is 0 Å². The van der Waals surface area contributed by atoms with Gasteiger partial charge in [0, 0.05) is 18.5 Å². The smallest absolute Gasteiger partial charge is 0.408 e. The van der Waals surface area contributed by atoms with Crippen molar-refractivity contribution in [2.45, 2.75) is 89.6 Å². The van der Waals surface area contributed by atoms with Gasteiger partial charge in [0.2, 0.25) is 11.8 Å². The molecule has 1 aromatic heterocycles. The van der Waals surface area contributed by atoms with Gasteiger partial charge in [0.1, 0.15) is 24.4 Å². The van der Waals surface area contributed by atoms with E-state index in [0.717, 1.165) is 48.6 Å². The Morgan fingerprint density at radius 1 is 0.810 bits per heavy atom. The number of aliphatic hydroxyl groups excluding tert-OH is 1. The maximum atomic E-state index is 14.0. The van der Waals surface area contributed by atoms with Crippen LogP contribution in [0.2, 0.25) is 0 Å². The van der Waals surface area contributed by atoms with Crippen LogP contribution in [0.1, 0.15) is 74.0 Å². The third-order valence-corrected chi connectivity index (χ3v) is 10.3. The predicted octanol–water partition coefficient (Wildman–Crippen LogP) is 4.16. The largest absolute Gasteiger partial charge is 0.445 e. The second-order valence-electron chi connectivity index (χ2n) is 15.3. The average Bonchev–Trinajstić information content (AvgIpc) is 3.22. The fourth-order valence-corrected chi connectivity index (χ4v) is 7.12. The number of carbonyl (C=O) groups excluding carboxylic acids is 5. The molecular weight excluding hydrogens is 739 g/mol. The molecule has 0 saturated heterocycles. The van der Waals surface area contributed by atoms with Gasteiger partial charge in [0.05, 0.1) is 24.1 Å². The van der Waals surface area contributed by atoms with Gasteiger partial charge in [0.25, 0.3) is 11.8 Å². The normalized spacial score (nSPS) is 15.2. The summed E-state index contributed by atoms with van der Waals surface area (Å²) in [7, 11) is 0. The molecule has 0 aliphatic heterocycles. The summed E-state index contributed by atoms with van der Waals surface area (Å²) in [6.45, 7) is 4.00. The molecule has 1 unspecified atom stereocenters. The minimum Gasteiger partial charge on any atom is -0.445 e. The molecule has 4 aromatic rings. The van der Waals surface area contributed by atoms with Crippen molar-refractivity contribution < 1.29 is 33.8 Å². The zero-order chi connectivity index (χ0) is 41.4. The highest BCUT2D eigenvalue weighted by atomic mass is 16.5. The van der Waals surface area contributed by atoms with Crippen molar-refractivity contribution in [2.24, 2.45) is 17.6 Å². The Hall–Kier alpha value is -5.86. The number of rotatable bonds is 19. The monoisotopic (exact) mass is 793 g/mol. The lowest BCUT2D eigenvalue weighted by Crippen LogP contribution is -2.59. The van der Waals surface area contributed by atoms with Crippen LogP contribution < -0.4 is 27.1 Å². The number of benzene rings is 3. The standard InChI is InChI=1S/C44H55N7O7/c1-29(2)40(49-44(57)58-28-32-18-10-5-11-19-32)43(56)50-51(26-31-16-8-4-9-17-31)27-38(52)36(24-30-14-6-3-7-15-30)47-42(55)37(25-39(45)53)48-41(54)35-23-22-33-20-12-13-21-34(33)46-35/h3,5-7,10-15,18-23,29,31,36-38,40,52H,4,8-9,16-17,24-28H2,1-2H3,(H2,45,53)(H,47,55)(H,48,54)(H,49,57)(H,50,56)/t36?,37-,38-,40-/m0/s1. The van der Waals surface area contributed by atoms with Gasteiger partial charge in [-0.05, 0) is 54.4 Å². The number of primary amides is 1. The molecule has 0 bridgehead atoms. The summed E-state index contributed by atoms with van der Waals surface area (Å²) < 4.78 is 5.40. The minimum atomic E-state index is -1.37. The second-order valence-corrected chi connectivity index (χ2v) is 15.3. The number of hydrazine groups is 1. The van der Waals surface area contributed by atoms with Crippen molar-refractivity contribution in [2.75, 3.05) is 13.1 Å². The number of hydrogen-bond acceptors (Lipinski definition) is 9. The van der Waals surface area contributed by atoms with Gasteiger partial charge in [-0.3, -0.25) is 24.6 Å². The van der Waals surface area contributed by atoms with Crippen LogP contribution in [0.4, 0.5) is 4.79 Å². The number of fused-ring (bicyclic) bond motifs is 1. The van der Waals surface area contributed by atoms with Gasteiger partial charge in [-0.15, -0.1) is 0 Å². The van der Waals surface area contributed by atoms with E-state index in [2.05, 4.69) is 26.4 Å². The Bertz CT molecular complexity index is 1970. The van der Waals surface area contributed by atoms with E-state index < -0.39 is 60.4 Å². The third-order valence-electron chi connectivity index (χ3n) is 10.3. The van der Waals surface area contributed by atoms with Crippen LogP contribution in [-0.2, 0) is 32.1 Å². The topological polar surface area (TPSA) is 205 Å². The summed E-state index contributed by atoms with van der Waals surface area (Å²) in [4.78, 5) is 70.6. The first kappa shape index (κ1) is 43.3. The van der Waals surface area contributed by atoms with E-state index in [1.165, 1.54) is 6.07 Å². The molecule has 0 spiro atoms. The van der Waals surface area contributed by atoms with Crippen LogP contribution in [0.15, 0.2) is 97.1 Å². The van der Waals surface area contributed by atoms with Gasteiger partial charge < -0.3 is 31.5 Å². The number of nitrogens with zero attached hydrogens (tertiary/aromatic N) is 2. The number of nitrogens with one attached hydrogen (secondary N) is 4. The minimum absolute atomic E-state index is 0.0396. The summed E-state index contributed by atoms with van der Waals surface area (Å²) in [5.74, 6) is -2.77. The number of hydrogen-bond donors (Lipinski definition) is 6. The number of pyridine rings is 1. The van der Waals surface area contributed by atoms with Crippen LogP contribution >= 0.6 is 0 Å². The first-order chi connectivity index (χ1) is 27.9. The van der Waals surface area contributed by atoms with Gasteiger partial charge in [0.15, 0.2) is 0 Å². The molecule has 1 aliphatic rings. The molecule has 1 aliphatic carbocycles. The molecule has 1 heterocycles. The molecule has 1 saturated carbocycles. The van der Waals surface area contributed by atoms with Crippen LogP contribution in [0.25, 0.3) is 10.9 Å². The number of para-hydroxylation sites is 1. The van der Waals surface area contributed by atoms with Crippen molar-refractivity contribution in [1.29, 1.82) is 0 Å². The highest BCUT2D eigenvalue weighted by molar-refractivity contribution is 5.99. The number of aliphatic hydroxyl groups is 1. The first-order valence-corrected chi connectivity index (χ1v) is 19.9. The first-order valence-electron chi connectivity index (χ1n) is 19.9. The van der Waals surface area contributed by atoms with E-state index in [1.54, 1.807) is 23.2 Å². The van der Waals surface area contributed by atoms with E-state index in [0.29, 0.717) is 12.1 Å². The maximum absolute atomic E-state index is 14.0. The Morgan fingerprint density at radius 3 is 2.14 bits per heavy atom. The van der Waals surface area contributed by atoms with Crippen LogP contribution in [-0.4, -0.2) is 82.1 Å². The fraction of sp³-hybridized carbons (Fsp3) is 0.409. The number of aromatic nitrogens is 1. The number of alkyl carbamates (subject to hydrolysis) is 1. The number of nitrogens with two attached hydrogens (primary N) is 1. The molecule has 5 amide bonds. The van der Waals surface area contributed by atoms with Crippen LogP contribution in [0, 0.1) is 11.8 Å². The average molecular weight is 794 g/mol. The van der Waals surface area contributed by atoms with Gasteiger partial charge >= 0.3 is 6.09 Å². The van der Waals surface area contributed by atoms with Gasteiger partial charge in [-0.25, -0.2) is 14.8 Å². The molecule has 7 N–H and O–H groups in total. The summed E-state index contributed by atoms with van der Waals surface area (Å²) in [5.41, 5.74) is 10.7. The second kappa shape index (κ2) is 21.6. The lowest BCUT2D eigenvalue weighted by molar-refractivity contribution is -0.131. The SMILES string of the molecule is CC(C)[C@H](NC(=O)OCc1ccccc1)C(=O)NN(CC1CCCCC1)C[C@H](O)C(Cc1ccccc1)NC(=O)[C@H](CC(N)=O)NC(=O)c1ccc2ccccc2n1. The Labute approximate surface area is 339 Å². The zero-order valence-electron chi connectivity index (χ0n) is 33.1. The lowest BCUT2D eigenvalue weighted by atomic mass is 9.89. The van der Waals surface area contributed by atoms with Crippen molar-refractivity contribution in [3.63, 3.8) is 0 Å². The molecule has 1 fully saturated rings. The number of ether oxygens (including phenoxy) is 1. The highest BCUT2D eigenvalue weighted by Gasteiger charge is 2.33. The van der Waals surface area contributed by atoms with Crippen LogP contribution in [0.3, 0.4) is 0 Å². The molecule has 4 atom stereocenters. The zero-order valence-corrected chi connectivity index (χ0v) is 33.1. The molecule has 14 heteroatoms. The van der Waals surface area contributed by atoms with Crippen molar-refractivity contribution in [1.82, 2.24) is 31.4 Å². The molecular formula is C44H55N7O7. The summed E-state index contributed by atoms with van der Waals surface area (Å²) in [5, 5.41) is 22.6. The molecule has 0 radical (unpaired) electrons. The Kier molecular flexibility index (Phi) is 16.1. The molecule has 5 rings (SSSR count). The number of carbonyl (C=O) groups is 5. The van der Waals surface area contributed by atoms with E-state index >= 15 is 0 Å². The molecule has 58 heavy (non-hydrogen) atoms. The predicted molar refractivity (Wildman–Crippen MR) is 220 cm³/mol. The van der Waals surface area contributed by atoms with E-state index in [9.17, 15) is 29.1 Å². The van der Waals surface area contributed by atoms with E-state index in [-0.39, 0.29) is 37.1 Å². The highest BCUT2D eigenvalue weighted by Crippen LogP contribution is 2.24.